The summed E-state index contributed by atoms with van der Waals surface area (Å²) in [7, 11) is 1.88. The molecule has 4 nitrogen and oxygen atoms in total. The minimum absolute atomic E-state index is 0.0613. The Morgan fingerprint density at radius 3 is 2.76 bits per heavy atom. The zero-order valence-corrected chi connectivity index (χ0v) is 12.5. The maximum Gasteiger partial charge on any atom is 0.262 e. The van der Waals surface area contributed by atoms with E-state index in [2.05, 4.69) is 10.6 Å². The van der Waals surface area contributed by atoms with Crippen molar-refractivity contribution in [2.24, 2.45) is 0 Å². The number of anilines is 1. The van der Waals surface area contributed by atoms with Crippen molar-refractivity contribution in [3.05, 3.63) is 59.1 Å². The highest BCUT2D eigenvalue weighted by molar-refractivity contribution is 6.33. The number of halogens is 1. The molecule has 0 aliphatic carbocycles. The SMILES string of the molecule is CNCc1cccc(OCC(=O)Nc2ccccc2Cl)c1. The molecule has 2 aromatic carbocycles. The fourth-order valence-corrected chi connectivity index (χ4v) is 2.03. The lowest BCUT2D eigenvalue weighted by molar-refractivity contribution is -0.118. The molecular formula is C16H17ClN2O2. The van der Waals surface area contributed by atoms with Gasteiger partial charge in [-0.15, -0.1) is 0 Å². The van der Waals surface area contributed by atoms with Crippen molar-refractivity contribution >= 4 is 23.2 Å². The molecule has 0 saturated carbocycles. The molecule has 2 rings (SSSR count). The number of rotatable bonds is 6. The second-order valence-corrected chi connectivity index (χ2v) is 4.90. The number of hydrogen-bond acceptors (Lipinski definition) is 3. The number of carbonyl (C=O) groups is 1. The average Bonchev–Trinajstić information content (AvgIpc) is 2.48. The molecule has 0 unspecified atom stereocenters. The molecular weight excluding hydrogens is 288 g/mol. The van der Waals surface area contributed by atoms with E-state index in [9.17, 15) is 4.79 Å². The maximum atomic E-state index is 11.8. The molecule has 0 atom stereocenters. The summed E-state index contributed by atoms with van der Waals surface area (Å²) < 4.78 is 5.48. The van der Waals surface area contributed by atoms with Gasteiger partial charge in [0.15, 0.2) is 6.61 Å². The molecule has 0 aromatic heterocycles. The number of hydrogen-bond donors (Lipinski definition) is 2. The Kier molecular flexibility index (Phi) is 5.60. The van der Waals surface area contributed by atoms with Crippen LogP contribution in [0.1, 0.15) is 5.56 Å². The Balaban J connectivity index is 1.89. The number of nitrogens with one attached hydrogen (secondary N) is 2. The molecule has 0 saturated heterocycles. The van der Waals surface area contributed by atoms with Gasteiger partial charge in [0.2, 0.25) is 0 Å². The van der Waals surface area contributed by atoms with Crippen LogP contribution in [0.15, 0.2) is 48.5 Å². The molecule has 0 spiro atoms. The monoisotopic (exact) mass is 304 g/mol. The van der Waals surface area contributed by atoms with Crippen molar-refractivity contribution in [1.29, 1.82) is 0 Å². The smallest absolute Gasteiger partial charge is 0.262 e. The highest BCUT2D eigenvalue weighted by atomic mass is 35.5. The zero-order valence-electron chi connectivity index (χ0n) is 11.7. The third-order valence-electron chi connectivity index (χ3n) is 2.80. The van der Waals surface area contributed by atoms with Gasteiger partial charge in [0.1, 0.15) is 5.75 Å². The maximum absolute atomic E-state index is 11.8. The molecule has 1 amide bonds. The summed E-state index contributed by atoms with van der Waals surface area (Å²) in [6.45, 7) is 0.692. The van der Waals surface area contributed by atoms with E-state index in [0.717, 1.165) is 12.1 Å². The van der Waals surface area contributed by atoms with Gasteiger partial charge >= 0.3 is 0 Å². The van der Waals surface area contributed by atoms with Crippen LogP contribution in [0.2, 0.25) is 5.02 Å². The van der Waals surface area contributed by atoms with Crippen molar-refractivity contribution in [1.82, 2.24) is 5.32 Å². The van der Waals surface area contributed by atoms with E-state index in [-0.39, 0.29) is 12.5 Å². The van der Waals surface area contributed by atoms with Crippen molar-refractivity contribution in [3.8, 4) is 5.75 Å². The standard InChI is InChI=1S/C16H17ClN2O2/c1-18-10-12-5-4-6-13(9-12)21-11-16(20)19-15-8-3-2-7-14(15)17/h2-9,18H,10-11H2,1H3,(H,19,20). The summed E-state index contributed by atoms with van der Waals surface area (Å²) in [5.74, 6) is 0.416. The Labute approximate surface area is 129 Å². The summed E-state index contributed by atoms with van der Waals surface area (Å²) in [6.07, 6.45) is 0. The van der Waals surface area contributed by atoms with E-state index in [4.69, 9.17) is 16.3 Å². The second kappa shape index (κ2) is 7.67. The van der Waals surface area contributed by atoms with Gasteiger partial charge < -0.3 is 15.4 Å². The lowest BCUT2D eigenvalue weighted by Crippen LogP contribution is -2.20. The Morgan fingerprint density at radius 2 is 2.00 bits per heavy atom. The highest BCUT2D eigenvalue weighted by Gasteiger charge is 2.06. The molecule has 0 radical (unpaired) electrons. The van der Waals surface area contributed by atoms with E-state index < -0.39 is 0 Å². The predicted molar refractivity (Wildman–Crippen MR) is 84.8 cm³/mol. The summed E-state index contributed by atoms with van der Waals surface area (Å²) in [4.78, 5) is 11.8. The Morgan fingerprint density at radius 1 is 1.19 bits per heavy atom. The van der Waals surface area contributed by atoms with E-state index in [1.165, 1.54) is 0 Å². The van der Waals surface area contributed by atoms with Gasteiger partial charge in [0.25, 0.3) is 5.91 Å². The fourth-order valence-electron chi connectivity index (χ4n) is 1.85. The summed E-state index contributed by atoms with van der Waals surface area (Å²) in [5, 5.41) is 6.28. The topological polar surface area (TPSA) is 50.4 Å². The van der Waals surface area contributed by atoms with Crippen LogP contribution in [0.5, 0.6) is 5.75 Å². The Hall–Kier alpha value is -2.04. The van der Waals surface area contributed by atoms with Crippen LogP contribution in [0, 0.1) is 0 Å². The number of amides is 1. The summed E-state index contributed by atoms with van der Waals surface area (Å²) >= 11 is 5.98. The molecule has 0 aliphatic rings. The first-order valence-corrected chi connectivity index (χ1v) is 6.97. The van der Waals surface area contributed by atoms with Gasteiger partial charge in [-0.05, 0) is 36.9 Å². The number of para-hydroxylation sites is 1. The highest BCUT2D eigenvalue weighted by Crippen LogP contribution is 2.20. The minimum atomic E-state index is -0.248. The second-order valence-electron chi connectivity index (χ2n) is 4.49. The molecule has 0 heterocycles. The van der Waals surface area contributed by atoms with Crippen molar-refractivity contribution in [3.63, 3.8) is 0 Å². The largest absolute Gasteiger partial charge is 0.484 e. The van der Waals surface area contributed by atoms with Crippen molar-refractivity contribution in [2.45, 2.75) is 6.54 Å². The molecule has 5 heteroatoms. The Bertz CT molecular complexity index is 617. The van der Waals surface area contributed by atoms with E-state index >= 15 is 0 Å². The third kappa shape index (κ3) is 4.77. The molecule has 110 valence electrons. The molecule has 2 aromatic rings. The quantitative estimate of drug-likeness (QED) is 0.862. The average molecular weight is 305 g/mol. The number of benzene rings is 2. The first kappa shape index (κ1) is 15.4. The summed E-state index contributed by atoms with van der Waals surface area (Å²) in [6, 6.07) is 14.7. The fraction of sp³-hybridized carbons (Fsp3) is 0.188. The van der Waals surface area contributed by atoms with Gasteiger partial charge in [0.05, 0.1) is 10.7 Å². The molecule has 2 N–H and O–H groups in total. The van der Waals surface area contributed by atoms with Crippen LogP contribution in [-0.2, 0) is 11.3 Å². The van der Waals surface area contributed by atoms with E-state index in [0.29, 0.717) is 16.5 Å². The molecule has 0 bridgehead atoms. The third-order valence-corrected chi connectivity index (χ3v) is 3.13. The molecule has 0 aliphatic heterocycles. The van der Waals surface area contributed by atoms with Crippen molar-refractivity contribution in [2.75, 3.05) is 19.0 Å². The van der Waals surface area contributed by atoms with E-state index in [1.807, 2.05) is 43.4 Å². The van der Waals surface area contributed by atoms with E-state index in [1.54, 1.807) is 12.1 Å². The first-order chi connectivity index (χ1) is 10.2. The summed E-state index contributed by atoms with van der Waals surface area (Å²) in [5.41, 5.74) is 1.68. The normalized spacial score (nSPS) is 10.2. The van der Waals surface area contributed by atoms with Crippen LogP contribution in [-0.4, -0.2) is 19.6 Å². The number of carbonyl (C=O) groups excluding carboxylic acids is 1. The van der Waals surface area contributed by atoms with Crippen LogP contribution in [0.25, 0.3) is 0 Å². The van der Waals surface area contributed by atoms with Gasteiger partial charge in [0, 0.05) is 6.54 Å². The van der Waals surface area contributed by atoms with Crippen LogP contribution < -0.4 is 15.4 Å². The lowest BCUT2D eigenvalue weighted by Gasteiger charge is -2.09. The van der Waals surface area contributed by atoms with Crippen molar-refractivity contribution < 1.29 is 9.53 Å². The van der Waals surface area contributed by atoms with Crippen LogP contribution in [0.3, 0.4) is 0 Å². The van der Waals surface area contributed by atoms with Crippen LogP contribution in [0.4, 0.5) is 5.69 Å². The van der Waals surface area contributed by atoms with Gasteiger partial charge in [-0.1, -0.05) is 35.9 Å². The first-order valence-electron chi connectivity index (χ1n) is 6.60. The van der Waals surface area contributed by atoms with Gasteiger partial charge in [-0.3, -0.25) is 4.79 Å². The molecule has 0 fully saturated rings. The van der Waals surface area contributed by atoms with Gasteiger partial charge in [-0.2, -0.15) is 0 Å². The number of ether oxygens (including phenoxy) is 1. The van der Waals surface area contributed by atoms with Gasteiger partial charge in [-0.25, -0.2) is 0 Å². The minimum Gasteiger partial charge on any atom is -0.484 e. The zero-order chi connectivity index (χ0) is 15.1. The molecule has 21 heavy (non-hydrogen) atoms. The predicted octanol–water partition coefficient (Wildman–Crippen LogP) is 3.08. The lowest BCUT2D eigenvalue weighted by atomic mass is 10.2. The van der Waals surface area contributed by atoms with Crippen LogP contribution >= 0.6 is 11.6 Å².